The van der Waals surface area contributed by atoms with E-state index >= 15 is 0 Å². The van der Waals surface area contributed by atoms with Gasteiger partial charge < -0.3 is 15.0 Å². The van der Waals surface area contributed by atoms with Gasteiger partial charge in [-0.2, -0.15) is 0 Å². The fourth-order valence-electron chi connectivity index (χ4n) is 2.85. The van der Waals surface area contributed by atoms with E-state index in [1.807, 2.05) is 31.2 Å². The number of rotatable bonds is 3. The molecule has 0 unspecified atom stereocenters. The Kier molecular flexibility index (Phi) is 4.23. The molecule has 0 bridgehead atoms. The maximum atomic E-state index is 12.4. The first-order chi connectivity index (χ1) is 10.5. The Bertz CT molecular complexity index is 670. The summed E-state index contributed by atoms with van der Waals surface area (Å²) in [7, 11) is 1.41. The molecule has 0 spiro atoms. The lowest BCUT2D eigenvalue weighted by molar-refractivity contribution is -0.136. The van der Waals surface area contributed by atoms with Crippen molar-refractivity contribution in [2.75, 3.05) is 7.11 Å². The highest BCUT2D eigenvalue weighted by molar-refractivity contribution is 9.10. The molecule has 1 aliphatic carbocycles. The van der Waals surface area contributed by atoms with E-state index in [1.54, 1.807) is 0 Å². The van der Waals surface area contributed by atoms with Crippen LogP contribution in [0.5, 0.6) is 0 Å². The summed E-state index contributed by atoms with van der Waals surface area (Å²) in [5.41, 5.74) is 2.48. The Morgan fingerprint density at radius 1 is 1.41 bits per heavy atom. The van der Waals surface area contributed by atoms with E-state index in [-0.39, 0.29) is 12.0 Å². The molecule has 0 radical (unpaired) electrons. The number of thiocarbonyl (C=S) groups is 1. The molecule has 1 saturated carbocycles. The first-order valence-corrected chi connectivity index (χ1v) is 8.38. The van der Waals surface area contributed by atoms with Gasteiger partial charge in [0.2, 0.25) is 0 Å². The van der Waals surface area contributed by atoms with Crippen LogP contribution in [-0.4, -0.2) is 29.1 Å². The average Bonchev–Trinajstić information content (AvgIpc) is 3.31. The maximum absolute atomic E-state index is 12.4. The van der Waals surface area contributed by atoms with Crippen LogP contribution >= 0.6 is 28.1 Å². The van der Waals surface area contributed by atoms with Gasteiger partial charge in [-0.3, -0.25) is 0 Å². The Morgan fingerprint density at radius 3 is 2.68 bits per heavy atom. The van der Waals surface area contributed by atoms with Crippen molar-refractivity contribution in [3.05, 3.63) is 45.6 Å². The molecule has 1 heterocycles. The van der Waals surface area contributed by atoms with E-state index in [0.29, 0.717) is 16.7 Å². The van der Waals surface area contributed by atoms with Crippen LogP contribution in [0.3, 0.4) is 0 Å². The monoisotopic (exact) mass is 380 g/mol. The lowest BCUT2D eigenvalue weighted by atomic mass is 9.95. The SMILES string of the molecule is COC(=O)C1=C(C)N(C2CC2)C(=S)N[C@@H]1c1ccccc1Br. The number of nitrogens with one attached hydrogen (secondary N) is 1. The van der Waals surface area contributed by atoms with Gasteiger partial charge in [0.05, 0.1) is 18.7 Å². The predicted molar refractivity (Wildman–Crippen MR) is 92.2 cm³/mol. The molecule has 2 aliphatic rings. The van der Waals surface area contributed by atoms with Crippen LogP contribution in [0.1, 0.15) is 31.4 Å². The number of allylic oxidation sites excluding steroid dienone is 1. The molecule has 1 atom stereocenters. The zero-order valence-corrected chi connectivity index (χ0v) is 14.8. The molecule has 1 aromatic carbocycles. The summed E-state index contributed by atoms with van der Waals surface area (Å²) >= 11 is 9.08. The van der Waals surface area contributed by atoms with Crippen LogP contribution in [-0.2, 0) is 9.53 Å². The lowest BCUT2D eigenvalue weighted by Crippen LogP contribution is -2.48. The second-order valence-electron chi connectivity index (χ2n) is 5.50. The Balaban J connectivity index is 2.11. The normalized spacial score (nSPS) is 21.7. The highest BCUT2D eigenvalue weighted by atomic mass is 79.9. The molecule has 116 valence electrons. The van der Waals surface area contributed by atoms with Crippen molar-refractivity contribution in [1.29, 1.82) is 0 Å². The fourth-order valence-corrected chi connectivity index (χ4v) is 3.76. The van der Waals surface area contributed by atoms with Gasteiger partial charge in [0.25, 0.3) is 0 Å². The van der Waals surface area contributed by atoms with Gasteiger partial charge in [-0.25, -0.2) is 4.79 Å². The van der Waals surface area contributed by atoms with Gasteiger partial charge in [0.1, 0.15) is 0 Å². The van der Waals surface area contributed by atoms with Crippen LogP contribution in [0, 0.1) is 0 Å². The molecular weight excluding hydrogens is 364 g/mol. The third kappa shape index (κ3) is 2.65. The van der Waals surface area contributed by atoms with Gasteiger partial charge in [-0.15, -0.1) is 0 Å². The smallest absolute Gasteiger partial charge is 0.337 e. The predicted octanol–water partition coefficient (Wildman–Crippen LogP) is 3.29. The van der Waals surface area contributed by atoms with Crippen LogP contribution < -0.4 is 5.32 Å². The number of benzene rings is 1. The zero-order valence-electron chi connectivity index (χ0n) is 12.4. The van der Waals surface area contributed by atoms with Crippen molar-refractivity contribution in [3.8, 4) is 0 Å². The second kappa shape index (κ2) is 6.01. The number of ether oxygens (including phenoxy) is 1. The summed E-state index contributed by atoms with van der Waals surface area (Å²) in [5, 5.41) is 3.98. The van der Waals surface area contributed by atoms with Crippen LogP contribution in [0.4, 0.5) is 0 Å². The van der Waals surface area contributed by atoms with Gasteiger partial charge >= 0.3 is 5.97 Å². The van der Waals surface area contributed by atoms with Gasteiger partial charge in [0.15, 0.2) is 5.11 Å². The topological polar surface area (TPSA) is 41.6 Å². The highest BCUT2D eigenvalue weighted by Gasteiger charge is 2.41. The summed E-state index contributed by atoms with van der Waals surface area (Å²) < 4.78 is 5.95. The third-order valence-corrected chi connectivity index (χ3v) is 5.10. The number of halogens is 1. The Labute approximate surface area is 143 Å². The standard InChI is InChI=1S/C16H17BrN2O2S/c1-9-13(15(20)21-2)14(11-5-3-4-6-12(11)17)18-16(22)19(9)10-7-8-10/h3-6,10,14H,7-8H2,1-2H3,(H,18,22)/t14-/m1/s1. The average molecular weight is 381 g/mol. The van der Waals surface area contributed by atoms with Gasteiger partial charge in [0, 0.05) is 16.2 Å². The van der Waals surface area contributed by atoms with E-state index < -0.39 is 0 Å². The Hall–Kier alpha value is -1.40. The molecule has 3 rings (SSSR count). The van der Waals surface area contributed by atoms with E-state index in [0.717, 1.165) is 28.6 Å². The Morgan fingerprint density at radius 2 is 2.09 bits per heavy atom. The zero-order chi connectivity index (χ0) is 15.9. The number of nitrogens with zero attached hydrogens (tertiary/aromatic N) is 1. The van der Waals surface area contributed by atoms with Crippen molar-refractivity contribution < 1.29 is 9.53 Å². The summed E-state index contributed by atoms with van der Waals surface area (Å²) in [6.07, 6.45) is 2.21. The maximum Gasteiger partial charge on any atom is 0.337 e. The number of carbonyl (C=O) groups is 1. The lowest BCUT2D eigenvalue weighted by Gasteiger charge is -2.37. The summed E-state index contributed by atoms with van der Waals surface area (Å²) in [6, 6.07) is 7.93. The molecule has 6 heteroatoms. The molecular formula is C16H17BrN2O2S. The molecule has 1 aromatic rings. The van der Waals surface area contributed by atoms with Crippen LogP contribution in [0.15, 0.2) is 40.0 Å². The van der Waals surface area contributed by atoms with Crippen molar-refractivity contribution in [2.45, 2.75) is 31.8 Å². The number of hydrogen-bond acceptors (Lipinski definition) is 3. The second-order valence-corrected chi connectivity index (χ2v) is 6.74. The van der Waals surface area contributed by atoms with E-state index in [1.165, 1.54) is 7.11 Å². The van der Waals surface area contributed by atoms with Crippen molar-refractivity contribution >= 4 is 39.2 Å². The first-order valence-electron chi connectivity index (χ1n) is 7.17. The van der Waals surface area contributed by atoms with Gasteiger partial charge in [-0.1, -0.05) is 34.1 Å². The summed E-state index contributed by atoms with van der Waals surface area (Å²) in [4.78, 5) is 14.4. The van der Waals surface area contributed by atoms with Crippen molar-refractivity contribution in [2.24, 2.45) is 0 Å². The third-order valence-electron chi connectivity index (χ3n) is 4.06. The van der Waals surface area contributed by atoms with Gasteiger partial charge in [-0.05, 0) is 43.6 Å². The van der Waals surface area contributed by atoms with E-state index in [2.05, 4.69) is 26.1 Å². The summed E-state index contributed by atoms with van der Waals surface area (Å²) in [5.74, 6) is -0.320. The number of esters is 1. The summed E-state index contributed by atoms with van der Waals surface area (Å²) in [6.45, 7) is 1.95. The molecule has 1 N–H and O–H groups in total. The van der Waals surface area contributed by atoms with E-state index in [9.17, 15) is 4.79 Å². The fraction of sp³-hybridized carbons (Fsp3) is 0.375. The first kappa shape index (κ1) is 15.5. The van der Waals surface area contributed by atoms with Crippen LogP contribution in [0.25, 0.3) is 0 Å². The molecule has 0 aromatic heterocycles. The molecule has 1 fully saturated rings. The molecule has 22 heavy (non-hydrogen) atoms. The molecule has 0 amide bonds. The van der Waals surface area contributed by atoms with E-state index in [4.69, 9.17) is 17.0 Å². The highest BCUT2D eigenvalue weighted by Crippen LogP contribution is 2.39. The largest absolute Gasteiger partial charge is 0.466 e. The minimum atomic E-state index is -0.320. The molecule has 0 saturated heterocycles. The minimum absolute atomic E-state index is 0.300. The van der Waals surface area contributed by atoms with Crippen LogP contribution in [0.2, 0.25) is 0 Å². The van der Waals surface area contributed by atoms with Crippen molar-refractivity contribution in [3.63, 3.8) is 0 Å². The molecule has 1 aliphatic heterocycles. The van der Waals surface area contributed by atoms with Crippen molar-refractivity contribution in [1.82, 2.24) is 10.2 Å². The molecule has 4 nitrogen and oxygen atoms in total. The number of carbonyl (C=O) groups excluding carboxylic acids is 1. The number of hydrogen-bond donors (Lipinski definition) is 1. The minimum Gasteiger partial charge on any atom is -0.466 e. The quantitative estimate of drug-likeness (QED) is 0.643. The number of methoxy groups -OCH3 is 1.